The molecule has 0 saturated heterocycles. The summed E-state index contributed by atoms with van der Waals surface area (Å²) in [5.74, 6) is 11.7. The maximum atomic E-state index is 4.63. The van der Waals surface area contributed by atoms with Crippen molar-refractivity contribution >= 4 is 31.9 Å². The second-order valence-corrected chi connectivity index (χ2v) is 14.6. The van der Waals surface area contributed by atoms with Crippen LogP contribution in [0.3, 0.4) is 0 Å². The van der Waals surface area contributed by atoms with Crippen molar-refractivity contribution in [2.24, 2.45) is 80.8 Å². The van der Waals surface area contributed by atoms with Gasteiger partial charge in [-0.3, -0.25) is 0 Å². The van der Waals surface area contributed by atoms with Crippen molar-refractivity contribution < 1.29 is 0 Å². The van der Waals surface area contributed by atoms with Crippen LogP contribution >= 0.6 is 31.9 Å². The molecule has 0 aromatic carbocycles. The fourth-order valence-corrected chi connectivity index (χ4v) is 20.5. The van der Waals surface area contributed by atoms with Crippen molar-refractivity contribution in [1.29, 1.82) is 0 Å². The summed E-state index contributed by atoms with van der Waals surface area (Å²) in [6.45, 7) is 0. The zero-order valence-corrected chi connectivity index (χ0v) is 15.5. The molecular formula is C20H18Br2. The first-order chi connectivity index (χ1) is 10.6. The van der Waals surface area contributed by atoms with Gasteiger partial charge >= 0.3 is 0 Å². The minimum Gasteiger partial charge on any atom is -0.0843 e. The van der Waals surface area contributed by atoms with E-state index in [1.807, 2.05) is 0 Å². The van der Waals surface area contributed by atoms with E-state index in [0.717, 1.165) is 45.3 Å². The Morgan fingerprint density at radius 3 is 1.50 bits per heavy atom. The average molecular weight is 418 g/mol. The number of rotatable bonds is 0. The van der Waals surface area contributed by atoms with E-state index < -0.39 is 0 Å². The third kappa shape index (κ3) is 0.357. The molecule has 16 atom stereocenters. The lowest BCUT2D eigenvalue weighted by Crippen LogP contribution is -2.76. The molecule has 8 bridgehead atoms. The summed E-state index contributed by atoms with van der Waals surface area (Å²) in [7, 11) is 0. The molecular weight excluding hydrogens is 400 g/mol. The van der Waals surface area contributed by atoms with Gasteiger partial charge in [-0.15, -0.1) is 0 Å². The van der Waals surface area contributed by atoms with Crippen LogP contribution in [0.1, 0.15) is 25.7 Å². The van der Waals surface area contributed by atoms with E-state index in [9.17, 15) is 0 Å². The van der Waals surface area contributed by atoms with Gasteiger partial charge in [-0.2, -0.15) is 0 Å². The summed E-state index contributed by atoms with van der Waals surface area (Å²) in [6, 6.07) is 0. The molecule has 4 unspecified atom stereocenters. The Labute approximate surface area is 146 Å². The topological polar surface area (TPSA) is 0 Å². The molecule has 13 fully saturated rings. The fraction of sp³-hybridized carbons (Fsp3) is 1.00. The number of halogens is 2. The fourth-order valence-electron chi connectivity index (χ4n) is 16.7. The van der Waals surface area contributed by atoms with Crippen LogP contribution in [-0.2, 0) is 0 Å². The molecule has 13 saturated carbocycles. The Balaban J connectivity index is 1.57. The largest absolute Gasteiger partial charge is 0.0843 e. The average Bonchev–Trinajstić information content (AvgIpc) is 3.16. The Bertz CT molecular complexity index is 782. The van der Waals surface area contributed by atoms with E-state index in [0.29, 0.717) is 8.65 Å². The van der Waals surface area contributed by atoms with Gasteiger partial charge in [-0.1, -0.05) is 31.9 Å². The van der Waals surface area contributed by atoms with Crippen molar-refractivity contribution in [3.63, 3.8) is 0 Å². The van der Waals surface area contributed by atoms with Gasteiger partial charge in [0.2, 0.25) is 0 Å². The lowest BCUT2D eigenvalue weighted by molar-refractivity contribution is -0.288. The lowest BCUT2D eigenvalue weighted by atomic mass is 9.28. The monoisotopic (exact) mass is 416 g/mol. The van der Waals surface area contributed by atoms with Crippen LogP contribution < -0.4 is 0 Å². The third-order valence-corrected chi connectivity index (χ3v) is 17.0. The van der Waals surface area contributed by atoms with Crippen molar-refractivity contribution in [2.45, 2.75) is 34.3 Å². The number of hydrogen-bond donors (Lipinski definition) is 0. The molecule has 22 heavy (non-hydrogen) atoms. The van der Waals surface area contributed by atoms with E-state index >= 15 is 0 Å². The highest BCUT2D eigenvalue weighted by atomic mass is 79.9. The van der Waals surface area contributed by atoms with E-state index in [2.05, 4.69) is 31.9 Å². The van der Waals surface area contributed by atoms with Gasteiger partial charge in [0.1, 0.15) is 0 Å². The Morgan fingerprint density at radius 1 is 0.591 bits per heavy atom. The highest BCUT2D eigenvalue weighted by molar-refractivity contribution is 9.10. The van der Waals surface area contributed by atoms with Crippen LogP contribution in [0.15, 0.2) is 0 Å². The van der Waals surface area contributed by atoms with Gasteiger partial charge in [-0.05, 0) is 95.7 Å². The summed E-state index contributed by atoms with van der Waals surface area (Å²) in [6.07, 6.45) is 6.62. The standard InChI is InChI=1S/C20H18Br2/c21-15-4-10-14-13(15)9-3-16(14,22)20-8-2-6-12-7-1-5(11(8)12)17(9,20)19(7,15)18(6,10)20/h5-14H,1-4H2/t5-,6-,7+,8+,9-,10-,11+,12+,13-,14+,15-,16-,17?,18?,19?,20?/m0/s1. The summed E-state index contributed by atoms with van der Waals surface area (Å²) >= 11 is 9.27. The number of hydrogen-bond acceptors (Lipinski definition) is 0. The zero-order valence-electron chi connectivity index (χ0n) is 12.4. The minimum atomic E-state index is 0.631. The van der Waals surface area contributed by atoms with Gasteiger partial charge in [0.05, 0.1) is 0 Å². The molecule has 0 heterocycles. The van der Waals surface area contributed by atoms with Crippen LogP contribution in [0.25, 0.3) is 0 Å². The third-order valence-electron chi connectivity index (χ3n) is 14.0. The molecule has 0 aliphatic heterocycles. The summed E-state index contributed by atoms with van der Waals surface area (Å²) in [5, 5.41) is 0. The zero-order chi connectivity index (χ0) is 13.6. The van der Waals surface area contributed by atoms with Crippen LogP contribution in [-0.4, -0.2) is 8.65 Å². The molecule has 13 aliphatic carbocycles. The maximum Gasteiger partial charge on any atom is 0.0365 e. The summed E-state index contributed by atoms with van der Waals surface area (Å²) in [4.78, 5) is 0. The minimum absolute atomic E-state index is 0.631. The number of alkyl halides is 2. The van der Waals surface area contributed by atoms with E-state index in [1.165, 1.54) is 35.5 Å². The Morgan fingerprint density at radius 2 is 1.05 bits per heavy atom. The summed E-state index contributed by atoms with van der Waals surface area (Å²) < 4.78 is 1.26. The SMILES string of the molecule is Br[C@@]12C[C@H]3[C@@H]4[C@@H]1[C@@H]1C[C@@]4(Br)C45[C@@H]6C[C@H]7[C@H]8[C@@H]6[C@@H]6C[C@H]8C2(C614)C735. The molecule has 0 amide bonds. The van der Waals surface area contributed by atoms with Crippen LogP contribution in [0.2, 0.25) is 0 Å². The lowest BCUT2D eigenvalue weighted by Gasteiger charge is -2.76. The molecule has 0 N–H and O–H groups in total. The van der Waals surface area contributed by atoms with Gasteiger partial charge in [0.25, 0.3) is 0 Å². The smallest absolute Gasteiger partial charge is 0.0365 e. The first-order valence-electron chi connectivity index (χ1n) is 10.0. The summed E-state index contributed by atoms with van der Waals surface area (Å²) in [5.41, 5.74) is 3.44. The molecule has 13 aliphatic rings. The Kier molecular flexibility index (Phi) is 0.888. The van der Waals surface area contributed by atoms with E-state index in [-0.39, 0.29) is 0 Å². The molecule has 112 valence electrons. The van der Waals surface area contributed by atoms with Crippen molar-refractivity contribution in [3.8, 4) is 0 Å². The first kappa shape index (κ1) is 10.2. The van der Waals surface area contributed by atoms with E-state index in [1.54, 1.807) is 25.7 Å². The van der Waals surface area contributed by atoms with Gasteiger partial charge < -0.3 is 0 Å². The second kappa shape index (κ2) is 1.92. The van der Waals surface area contributed by atoms with Crippen LogP contribution in [0, 0.1) is 80.8 Å². The molecule has 2 heteroatoms. The molecule has 0 nitrogen and oxygen atoms in total. The van der Waals surface area contributed by atoms with Crippen molar-refractivity contribution in [3.05, 3.63) is 0 Å². The van der Waals surface area contributed by atoms with Gasteiger partial charge in [-0.25, -0.2) is 0 Å². The predicted octanol–water partition coefficient (Wildman–Crippen LogP) is 4.07. The van der Waals surface area contributed by atoms with Crippen LogP contribution in [0.5, 0.6) is 0 Å². The Hall–Kier alpha value is 0.960. The normalized spacial score (nSPS) is 106. The molecule has 0 aromatic heterocycles. The molecule has 0 aromatic rings. The first-order valence-corrected chi connectivity index (χ1v) is 11.6. The second-order valence-electron chi connectivity index (χ2n) is 11.8. The van der Waals surface area contributed by atoms with Gasteiger partial charge in [0.15, 0.2) is 0 Å². The highest BCUT2D eigenvalue weighted by Gasteiger charge is 3.23. The highest BCUT2D eigenvalue weighted by Crippen LogP contribution is 3.24. The molecule has 0 radical (unpaired) electrons. The molecule has 13 rings (SSSR count). The van der Waals surface area contributed by atoms with Crippen molar-refractivity contribution in [2.75, 3.05) is 0 Å². The van der Waals surface area contributed by atoms with E-state index in [4.69, 9.17) is 0 Å². The predicted molar refractivity (Wildman–Crippen MR) is 86.4 cm³/mol. The van der Waals surface area contributed by atoms with Gasteiger partial charge in [0, 0.05) is 19.5 Å². The quantitative estimate of drug-likeness (QED) is 0.521. The molecule has 4 spiro atoms. The van der Waals surface area contributed by atoms with Crippen LogP contribution in [0.4, 0.5) is 0 Å². The maximum absolute atomic E-state index is 4.63. The van der Waals surface area contributed by atoms with Crippen molar-refractivity contribution in [1.82, 2.24) is 0 Å².